The number of thiazole rings is 1. The van der Waals surface area contributed by atoms with Gasteiger partial charge < -0.3 is 10.6 Å². The Bertz CT molecular complexity index is 542. The van der Waals surface area contributed by atoms with E-state index in [1.165, 1.54) is 5.56 Å². The summed E-state index contributed by atoms with van der Waals surface area (Å²) in [5, 5.41) is 8.85. The molecule has 2 N–H and O–H groups in total. The minimum atomic E-state index is -0.123. The van der Waals surface area contributed by atoms with E-state index in [4.69, 9.17) is 0 Å². The summed E-state index contributed by atoms with van der Waals surface area (Å²) >= 11 is 1.61. The quantitative estimate of drug-likeness (QED) is 0.861. The molecule has 0 aliphatic heterocycles. The standard InChI is InChI=1S/C16H21N3OS/c1-12(14-6-4-3-5-7-14)13(2)19-16(20)18-9-8-15-17-10-11-21-15/h3-7,10-13H,8-9H2,1-2H3,(H2,18,19,20)/t12-,13+/m1/s1. The van der Waals surface area contributed by atoms with Gasteiger partial charge in [0, 0.05) is 36.5 Å². The second kappa shape index (κ2) is 7.78. The molecule has 112 valence electrons. The first-order valence-electron chi connectivity index (χ1n) is 7.14. The van der Waals surface area contributed by atoms with Crippen LogP contribution in [-0.2, 0) is 6.42 Å². The number of aromatic nitrogens is 1. The van der Waals surface area contributed by atoms with Crippen molar-refractivity contribution < 1.29 is 4.79 Å². The van der Waals surface area contributed by atoms with Crippen LogP contribution >= 0.6 is 11.3 Å². The van der Waals surface area contributed by atoms with Crippen molar-refractivity contribution >= 4 is 17.4 Å². The number of nitrogens with zero attached hydrogens (tertiary/aromatic N) is 1. The molecule has 4 nitrogen and oxygen atoms in total. The maximum Gasteiger partial charge on any atom is 0.315 e. The molecule has 0 radical (unpaired) electrons. The van der Waals surface area contributed by atoms with E-state index < -0.39 is 0 Å². The number of urea groups is 1. The van der Waals surface area contributed by atoms with E-state index in [2.05, 4.69) is 34.7 Å². The van der Waals surface area contributed by atoms with Crippen LogP contribution in [0.15, 0.2) is 41.9 Å². The molecule has 2 atom stereocenters. The van der Waals surface area contributed by atoms with Crippen LogP contribution in [0.1, 0.15) is 30.3 Å². The molecule has 2 aromatic rings. The summed E-state index contributed by atoms with van der Waals surface area (Å²) < 4.78 is 0. The number of carbonyl (C=O) groups excluding carboxylic acids is 1. The molecule has 1 heterocycles. The number of amides is 2. The van der Waals surface area contributed by atoms with Gasteiger partial charge in [0.25, 0.3) is 0 Å². The summed E-state index contributed by atoms with van der Waals surface area (Å²) in [5.41, 5.74) is 1.23. The second-order valence-corrected chi connectivity index (χ2v) is 6.04. The topological polar surface area (TPSA) is 54.0 Å². The zero-order chi connectivity index (χ0) is 15.1. The molecule has 2 rings (SSSR count). The fourth-order valence-electron chi connectivity index (χ4n) is 2.09. The third kappa shape index (κ3) is 4.86. The molecule has 0 aliphatic carbocycles. The van der Waals surface area contributed by atoms with Gasteiger partial charge in [0.05, 0.1) is 5.01 Å². The Morgan fingerprint density at radius 2 is 2.05 bits per heavy atom. The maximum atomic E-state index is 11.9. The molecular formula is C16H21N3OS. The largest absolute Gasteiger partial charge is 0.338 e. The van der Waals surface area contributed by atoms with Crippen LogP contribution in [0.3, 0.4) is 0 Å². The number of rotatable bonds is 6. The summed E-state index contributed by atoms with van der Waals surface area (Å²) in [6.07, 6.45) is 2.55. The average Bonchev–Trinajstić information content (AvgIpc) is 3.00. The Kier molecular flexibility index (Phi) is 5.75. The van der Waals surface area contributed by atoms with Crippen LogP contribution in [0.5, 0.6) is 0 Å². The molecule has 21 heavy (non-hydrogen) atoms. The molecule has 2 amide bonds. The van der Waals surface area contributed by atoms with E-state index in [0.29, 0.717) is 6.54 Å². The van der Waals surface area contributed by atoms with Gasteiger partial charge in [0.1, 0.15) is 0 Å². The third-order valence-corrected chi connectivity index (χ3v) is 4.38. The first kappa shape index (κ1) is 15.5. The molecular weight excluding hydrogens is 282 g/mol. The molecule has 1 aromatic carbocycles. The summed E-state index contributed by atoms with van der Waals surface area (Å²) in [6.45, 7) is 4.75. The Morgan fingerprint density at radius 1 is 1.29 bits per heavy atom. The van der Waals surface area contributed by atoms with Crippen molar-refractivity contribution in [3.05, 3.63) is 52.5 Å². The average molecular weight is 303 g/mol. The van der Waals surface area contributed by atoms with E-state index in [1.54, 1.807) is 17.5 Å². The molecule has 1 aromatic heterocycles. The number of nitrogens with one attached hydrogen (secondary N) is 2. The highest BCUT2D eigenvalue weighted by Crippen LogP contribution is 2.18. The highest BCUT2D eigenvalue weighted by atomic mass is 32.1. The smallest absolute Gasteiger partial charge is 0.315 e. The van der Waals surface area contributed by atoms with E-state index in [0.717, 1.165) is 11.4 Å². The van der Waals surface area contributed by atoms with Crippen LogP contribution in [0.25, 0.3) is 0 Å². The van der Waals surface area contributed by atoms with Gasteiger partial charge in [-0.1, -0.05) is 37.3 Å². The number of hydrogen-bond acceptors (Lipinski definition) is 3. The lowest BCUT2D eigenvalue weighted by Gasteiger charge is -2.22. The zero-order valence-corrected chi connectivity index (χ0v) is 13.2. The number of benzene rings is 1. The lowest BCUT2D eigenvalue weighted by atomic mass is 9.95. The normalized spacial score (nSPS) is 13.4. The predicted octanol–water partition coefficient (Wildman–Crippen LogP) is 3.18. The van der Waals surface area contributed by atoms with Gasteiger partial charge in [0.15, 0.2) is 0 Å². The van der Waals surface area contributed by atoms with Crippen molar-refractivity contribution in [1.29, 1.82) is 0 Å². The van der Waals surface area contributed by atoms with Gasteiger partial charge in [-0.3, -0.25) is 0 Å². The second-order valence-electron chi connectivity index (χ2n) is 5.06. The van der Waals surface area contributed by atoms with Crippen molar-refractivity contribution in [2.24, 2.45) is 0 Å². The van der Waals surface area contributed by atoms with Gasteiger partial charge in [-0.2, -0.15) is 0 Å². The van der Waals surface area contributed by atoms with Gasteiger partial charge >= 0.3 is 6.03 Å². The van der Waals surface area contributed by atoms with Crippen LogP contribution in [0.2, 0.25) is 0 Å². The molecule has 0 aliphatic rings. The summed E-state index contributed by atoms with van der Waals surface area (Å²) in [4.78, 5) is 16.1. The monoisotopic (exact) mass is 303 g/mol. The number of hydrogen-bond donors (Lipinski definition) is 2. The maximum absolute atomic E-state index is 11.9. The Labute approximate surface area is 129 Å². The Balaban J connectivity index is 1.74. The van der Waals surface area contributed by atoms with Crippen molar-refractivity contribution in [1.82, 2.24) is 15.6 Å². The Morgan fingerprint density at radius 3 is 2.71 bits per heavy atom. The van der Waals surface area contributed by atoms with Crippen molar-refractivity contribution in [2.45, 2.75) is 32.2 Å². The van der Waals surface area contributed by atoms with E-state index in [-0.39, 0.29) is 18.0 Å². The van der Waals surface area contributed by atoms with Crippen molar-refractivity contribution in [2.75, 3.05) is 6.54 Å². The summed E-state index contributed by atoms with van der Waals surface area (Å²) in [5.74, 6) is 0.274. The third-order valence-electron chi connectivity index (χ3n) is 3.54. The van der Waals surface area contributed by atoms with Gasteiger partial charge in [0.2, 0.25) is 0 Å². The fourth-order valence-corrected chi connectivity index (χ4v) is 2.71. The van der Waals surface area contributed by atoms with Crippen LogP contribution in [0.4, 0.5) is 4.79 Å². The summed E-state index contributed by atoms with van der Waals surface area (Å²) in [7, 11) is 0. The van der Waals surface area contributed by atoms with Crippen LogP contribution in [-0.4, -0.2) is 23.6 Å². The minimum absolute atomic E-state index is 0.0762. The van der Waals surface area contributed by atoms with Gasteiger partial charge in [-0.15, -0.1) is 11.3 Å². The molecule has 0 bridgehead atoms. The van der Waals surface area contributed by atoms with Crippen LogP contribution < -0.4 is 10.6 Å². The SMILES string of the molecule is C[C@H](NC(=O)NCCc1nccs1)[C@@H](C)c1ccccc1. The highest BCUT2D eigenvalue weighted by molar-refractivity contribution is 7.09. The van der Waals surface area contributed by atoms with Gasteiger partial charge in [-0.25, -0.2) is 9.78 Å². The van der Waals surface area contributed by atoms with Gasteiger partial charge in [-0.05, 0) is 12.5 Å². The first-order chi connectivity index (χ1) is 10.2. The lowest BCUT2D eigenvalue weighted by molar-refractivity contribution is 0.236. The molecule has 5 heteroatoms. The Hall–Kier alpha value is -1.88. The molecule has 0 unspecified atom stereocenters. The minimum Gasteiger partial charge on any atom is -0.338 e. The van der Waals surface area contributed by atoms with E-state index in [1.807, 2.05) is 30.5 Å². The van der Waals surface area contributed by atoms with Crippen molar-refractivity contribution in [3.8, 4) is 0 Å². The predicted molar refractivity (Wildman–Crippen MR) is 86.7 cm³/mol. The van der Waals surface area contributed by atoms with Crippen molar-refractivity contribution in [3.63, 3.8) is 0 Å². The van der Waals surface area contributed by atoms with E-state index in [9.17, 15) is 4.79 Å². The van der Waals surface area contributed by atoms with Crippen LogP contribution in [0, 0.1) is 0 Å². The fraction of sp³-hybridized carbons (Fsp3) is 0.375. The zero-order valence-electron chi connectivity index (χ0n) is 12.4. The first-order valence-corrected chi connectivity index (χ1v) is 8.02. The lowest BCUT2D eigenvalue weighted by Crippen LogP contribution is -2.43. The molecule has 0 saturated carbocycles. The molecule has 0 spiro atoms. The molecule has 0 fully saturated rings. The number of carbonyl (C=O) groups is 1. The summed E-state index contributed by atoms with van der Waals surface area (Å²) in [6, 6.07) is 10.2. The van der Waals surface area contributed by atoms with E-state index >= 15 is 0 Å². The molecule has 0 saturated heterocycles. The highest BCUT2D eigenvalue weighted by Gasteiger charge is 2.16.